The number of fused-ring (bicyclic) bond motifs is 1. The molecule has 0 spiro atoms. The summed E-state index contributed by atoms with van der Waals surface area (Å²) in [4.78, 5) is 29.4. The summed E-state index contributed by atoms with van der Waals surface area (Å²) in [5.74, 6) is 0.760. The topological polar surface area (TPSA) is 63.5 Å². The van der Waals surface area contributed by atoms with E-state index in [1.807, 2.05) is 37.4 Å². The maximum Gasteiger partial charge on any atom is 0.258 e. The SMILES string of the molecule is Cc1cc(Br)ccc1NC(=O)CSCc1cc(=O)n2c(C)csc2n1. The largest absolute Gasteiger partial charge is 0.325 e. The van der Waals surface area contributed by atoms with Crippen molar-refractivity contribution in [1.82, 2.24) is 9.38 Å². The van der Waals surface area contributed by atoms with Crippen LogP contribution in [0.4, 0.5) is 5.69 Å². The Bertz CT molecular complexity index is 997. The number of carbonyl (C=O) groups excluding carboxylic acids is 1. The lowest BCUT2D eigenvalue weighted by atomic mass is 10.2. The third kappa shape index (κ3) is 4.31. The van der Waals surface area contributed by atoms with Gasteiger partial charge in [-0.3, -0.25) is 14.0 Å². The minimum Gasteiger partial charge on any atom is -0.325 e. The van der Waals surface area contributed by atoms with E-state index in [4.69, 9.17) is 0 Å². The van der Waals surface area contributed by atoms with Crippen molar-refractivity contribution in [3.8, 4) is 0 Å². The van der Waals surface area contributed by atoms with Gasteiger partial charge < -0.3 is 5.32 Å². The van der Waals surface area contributed by atoms with Crippen molar-refractivity contribution in [2.45, 2.75) is 19.6 Å². The van der Waals surface area contributed by atoms with Crippen molar-refractivity contribution >= 4 is 55.6 Å². The Balaban J connectivity index is 1.59. The van der Waals surface area contributed by atoms with E-state index in [0.29, 0.717) is 22.2 Å². The predicted octanol–water partition coefficient (Wildman–Crippen LogP) is 4.01. The van der Waals surface area contributed by atoms with Crippen LogP contribution in [0.2, 0.25) is 0 Å². The predicted molar refractivity (Wildman–Crippen MR) is 108 cm³/mol. The van der Waals surface area contributed by atoms with Gasteiger partial charge in [0.2, 0.25) is 5.91 Å². The molecule has 3 rings (SSSR count). The molecule has 0 fully saturated rings. The molecule has 2 aromatic heterocycles. The van der Waals surface area contributed by atoms with E-state index in [1.165, 1.54) is 29.2 Å². The minimum atomic E-state index is -0.0747. The molecule has 5 nitrogen and oxygen atoms in total. The maximum atomic E-state index is 12.1. The monoisotopic (exact) mass is 437 g/mol. The van der Waals surface area contributed by atoms with Crippen LogP contribution in [0.1, 0.15) is 17.0 Å². The summed E-state index contributed by atoms with van der Waals surface area (Å²) >= 11 is 6.29. The molecule has 0 aliphatic heterocycles. The molecule has 0 saturated carbocycles. The molecule has 0 aliphatic carbocycles. The first-order valence-corrected chi connectivity index (χ1v) is 10.4. The highest BCUT2D eigenvalue weighted by molar-refractivity contribution is 9.10. The highest BCUT2D eigenvalue weighted by Crippen LogP contribution is 2.20. The number of hydrogen-bond donors (Lipinski definition) is 1. The summed E-state index contributed by atoms with van der Waals surface area (Å²) in [7, 11) is 0. The number of thioether (sulfide) groups is 1. The minimum absolute atomic E-state index is 0.0693. The van der Waals surface area contributed by atoms with E-state index in [-0.39, 0.29) is 11.5 Å². The Morgan fingerprint density at radius 3 is 2.92 bits per heavy atom. The van der Waals surface area contributed by atoms with E-state index < -0.39 is 0 Å². The molecule has 3 aromatic rings. The summed E-state index contributed by atoms with van der Waals surface area (Å²) in [5.41, 5.74) is 3.32. The number of hydrogen-bond acceptors (Lipinski definition) is 5. The van der Waals surface area contributed by atoms with Gasteiger partial charge in [0.25, 0.3) is 5.56 Å². The van der Waals surface area contributed by atoms with Gasteiger partial charge in [0, 0.05) is 33.1 Å². The van der Waals surface area contributed by atoms with Gasteiger partial charge in [-0.25, -0.2) is 4.98 Å². The number of benzene rings is 1. The summed E-state index contributed by atoms with van der Waals surface area (Å²) in [6.07, 6.45) is 0. The second kappa shape index (κ2) is 7.72. The van der Waals surface area contributed by atoms with Crippen molar-refractivity contribution in [2.75, 3.05) is 11.1 Å². The highest BCUT2D eigenvalue weighted by Gasteiger charge is 2.09. The number of amides is 1. The average Bonchev–Trinajstić information content (AvgIpc) is 2.92. The van der Waals surface area contributed by atoms with Crippen LogP contribution in [0.5, 0.6) is 0 Å². The second-order valence-electron chi connectivity index (χ2n) is 5.58. The number of anilines is 1. The van der Waals surface area contributed by atoms with Gasteiger partial charge in [-0.2, -0.15) is 0 Å². The quantitative estimate of drug-likeness (QED) is 0.654. The maximum absolute atomic E-state index is 12.1. The molecular weight excluding hydrogens is 422 g/mol. The van der Waals surface area contributed by atoms with Gasteiger partial charge in [0.1, 0.15) is 0 Å². The van der Waals surface area contributed by atoms with E-state index >= 15 is 0 Å². The van der Waals surface area contributed by atoms with Crippen LogP contribution in [-0.4, -0.2) is 21.0 Å². The fraction of sp³-hybridized carbons (Fsp3) is 0.235. The summed E-state index contributed by atoms with van der Waals surface area (Å²) in [6, 6.07) is 7.26. The number of rotatable bonds is 5. The Kier molecular flexibility index (Phi) is 5.61. The number of nitrogens with one attached hydrogen (secondary N) is 1. The van der Waals surface area contributed by atoms with E-state index in [9.17, 15) is 9.59 Å². The van der Waals surface area contributed by atoms with E-state index in [1.54, 1.807) is 4.40 Å². The van der Waals surface area contributed by atoms with Crippen LogP contribution < -0.4 is 10.9 Å². The molecule has 0 radical (unpaired) electrons. The van der Waals surface area contributed by atoms with Crippen molar-refractivity contribution in [2.24, 2.45) is 0 Å². The molecule has 130 valence electrons. The lowest BCUT2D eigenvalue weighted by Crippen LogP contribution is -2.16. The number of halogens is 1. The normalized spacial score (nSPS) is 11.0. The van der Waals surface area contributed by atoms with Crippen LogP contribution in [-0.2, 0) is 10.5 Å². The van der Waals surface area contributed by atoms with Crippen LogP contribution in [0.15, 0.2) is 38.9 Å². The standard InChI is InChI=1S/C17H16BrN3O2S2/c1-10-5-12(18)3-4-14(10)20-15(22)9-24-8-13-6-16(23)21-11(2)7-25-17(21)19-13/h3-7H,8-9H2,1-2H3,(H,20,22). The molecule has 0 saturated heterocycles. The molecule has 0 aliphatic rings. The first-order valence-electron chi connectivity index (χ1n) is 7.54. The molecule has 1 amide bonds. The van der Waals surface area contributed by atoms with Crippen LogP contribution >= 0.6 is 39.0 Å². The van der Waals surface area contributed by atoms with Gasteiger partial charge in [0.05, 0.1) is 11.4 Å². The van der Waals surface area contributed by atoms with Crippen LogP contribution in [0.3, 0.4) is 0 Å². The molecule has 1 aromatic carbocycles. The zero-order chi connectivity index (χ0) is 18.0. The zero-order valence-corrected chi connectivity index (χ0v) is 16.9. The number of nitrogens with zero attached hydrogens (tertiary/aromatic N) is 2. The molecule has 1 N–H and O–H groups in total. The van der Waals surface area contributed by atoms with Crippen LogP contribution in [0.25, 0.3) is 4.96 Å². The Morgan fingerprint density at radius 2 is 2.16 bits per heavy atom. The zero-order valence-electron chi connectivity index (χ0n) is 13.7. The van der Waals surface area contributed by atoms with Gasteiger partial charge in [-0.1, -0.05) is 15.9 Å². The number of thiazole rings is 1. The van der Waals surface area contributed by atoms with Crippen molar-refractivity contribution in [1.29, 1.82) is 0 Å². The third-order valence-corrected chi connectivity index (χ3v) is 5.98. The lowest BCUT2D eigenvalue weighted by Gasteiger charge is -2.08. The molecule has 8 heteroatoms. The molecular formula is C17H16BrN3O2S2. The number of carbonyl (C=O) groups is 1. The van der Waals surface area contributed by atoms with Gasteiger partial charge in [-0.15, -0.1) is 23.1 Å². The first kappa shape index (κ1) is 18.2. The lowest BCUT2D eigenvalue weighted by molar-refractivity contribution is -0.113. The Labute approximate surface area is 161 Å². The van der Waals surface area contributed by atoms with Crippen molar-refractivity contribution in [3.05, 3.63) is 61.4 Å². The second-order valence-corrected chi connectivity index (χ2v) is 8.32. The molecule has 25 heavy (non-hydrogen) atoms. The fourth-order valence-electron chi connectivity index (χ4n) is 2.38. The fourth-order valence-corrected chi connectivity index (χ4v) is 4.46. The third-order valence-electron chi connectivity index (χ3n) is 3.57. The molecule has 0 atom stereocenters. The van der Waals surface area contributed by atoms with Gasteiger partial charge in [0.15, 0.2) is 4.96 Å². The van der Waals surface area contributed by atoms with Gasteiger partial charge >= 0.3 is 0 Å². The van der Waals surface area contributed by atoms with Gasteiger partial charge in [-0.05, 0) is 37.6 Å². The molecule has 0 unspecified atom stereocenters. The highest BCUT2D eigenvalue weighted by atomic mass is 79.9. The molecule has 2 heterocycles. The smallest absolute Gasteiger partial charge is 0.258 e. The van der Waals surface area contributed by atoms with Crippen molar-refractivity contribution in [3.63, 3.8) is 0 Å². The summed E-state index contributed by atoms with van der Waals surface area (Å²) in [5, 5.41) is 4.81. The van der Waals surface area contributed by atoms with Crippen LogP contribution in [0, 0.1) is 13.8 Å². The summed E-state index contributed by atoms with van der Waals surface area (Å²) in [6.45, 7) is 3.83. The number of aromatic nitrogens is 2. The van der Waals surface area contributed by atoms with Crippen molar-refractivity contribution < 1.29 is 4.79 Å². The Morgan fingerprint density at radius 1 is 1.36 bits per heavy atom. The van der Waals surface area contributed by atoms with E-state index in [2.05, 4.69) is 26.2 Å². The Hall–Kier alpha value is -1.64. The van der Waals surface area contributed by atoms with E-state index in [0.717, 1.165) is 21.4 Å². The number of aryl methyl sites for hydroxylation is 2. The molecule has 0 bridgehead atoms. The first-order chi connectivity index (χ1) is 11.9. The average molecular weight is 438 g/mol. The summed E-state index contributed by atoms with van der Waals surface area (Å²) < 4.78 is 2.58.